The van der Waals surface area contributed by atoms with Gasteiger partial charge in [-0.15, -0.1) is 0 Å². The van der Waals surface area contributed by atoms with Gasteiger partial charge in [0.25, 0.3) is 0 Å². The Bertz CT molecular complexity index is 607. The summed E-state index contributed by atoms with van der Waals surface area (Å²) < 4.78 is 0. The third-order valence-corrected chi connectivity index (χ3v) is 3.75. The molecule has 0 radical (unpaired) electrons. The van der Waals surface area contributed by atoms with Crippen molar-refractivity contribution in [3.05, 3.63) is 41.6 Å². The van der Waals surface area contributed by atoms with Crippen LogP contribution in [0.4, 0.5) is 0 Å². The Labute approximate surface area is 117 Å². The summed E-state index contributed by atoms with van der Waals surface area (Å²) in [7, 11) is 0. The summed E-state index contributed by atoms with van der Waals surface area (Å²) in [6.07, 6.45) is 1.52. The molecule has 5 nitrogen and oxygen atoms in total. The molecule has 2 heterocycles. The summed E-state index contributed by atoms with van der Waals surface area (Å²) in [5, 5.41) is 16.5. The fraction of sp³-hybridized carbons (Fsp3) is 0.333. The number of amides is 1. The van der Waals surface area contributed by atoms with Gasteiger partial charge in [-0.2, -0.15) is 5.10 Å². The van der Waals surface area contributed by atoms with Crippen LogP contribution in [0.15, 0.2) is 30.3 Å². The maximum atomic E-state index is 11.6. The van der Waals surface area contributed by atoms with E-state index in [4.69, 9.17) is 5.11 Å². The Kier molecular flexibility index (Phi) is 3.52. The van der Waals surface area contributed by atoms with E-state index in [-0.39, 0.29) is 5.91 Å². The summed E-state index contributed by atoms with van der Waals surface area (Å²) in [6.45, 7) is 0.840. The van der Waals surface area contributed by atoms with Crippen molar-refractivity contribution in [3.8, 4) is 11.3 Å². The second-order valence-electron chi connectivity index (χ2n) is 4.93. The minimum atomic E-state index is -0.419. The van der Waals surface area contributed by atoms with Gasteiger partial charge in [0, 0.05) is 36.3 Å². The highest BCUT2D eigenvalue weighted by Crippen LogP contribution is 2.26. The van der Waals surface area contributed by atoms with E-state index in [2.05, 4.69) is 10.2 Å². The molecule has 3 rings (SSSR count). The maximum absolute atomic E-state index is 11.6. The molecule has 20 heavy (non-hydrogen) atoms. The molecule has 0 saturated heterocycles. The molecular weight excluding hydrogens is 254 g/mol. The number of aliphatic hydroxyl groups is 1. The first-order valence-electron chi connectivity index (χ1n) is 6.79. The molecule has 0 unspecified atom stereocenters. The molecule has 0 bridgehead atoms. The van der Waals surface area contributed by atoms with Crippen molar-refractivity contribution in [3.63, 3.8) is 0 Å². The van der Waals surface area contributed by atoms with Crippen LogP contribution in [0.2, 0.25) is 0 Å². The summed E-state index contributed by atoms with van der Waals surface area (Å²) in [4.78, 5) is 13.3. The first-order chi connectivity index (χ1) is 9.79. The Balaban J connectivity index is 1.88. The number of H-pyrrole nitrogens is 1. The summed E-state index contributed by atoms with van der Waals surface area (Å²) in [6, 6.07) is 10.1. The average Bonchev–Trinajstić information content (AvgIpc) is 2.79. The van der Waals surface area contributed by atoms with E-state index in [0.29, 0.717) is 13.1 Å². The fourth-order valence-corrected chi connectivity index (χ4v) is 2.67. The zero-order valence-electron chi connectivity index (χ0n) is 11.2. The van der Waals surface area contributed by atoms with E-state index < -0.39 is 6.61 Å². The van der Waals surface area contributed by atoms with Crippen LogP contribution in [0.5, 0.6) is 0 Å². The number of carbonyl (C=O) groups is 1. The SMILES string of the molecule is O=C(CO)N1CCc2[nH]nc(-c3ccccc3)c2CC1. The first-order valence-corrected chi connectivity index (χ1v) is 6.79. The quantitative estimate of drug-likeness (QED) is 0.856. The lowest BCUT2D eigenvalue weighted by Gasteiger charge is -2.18. The van der Waals surface area contributed by atoms with Gasteiger partial charge >= 0.3 is 0 Å². The van der Waals surface area contributed by atoms with Gasteiger partial charge in [0.15, 0.2) is 0 Å². The van der Waals surface area contributed by atoms with Crippen LogP contribution in [-0.2, 0) is 17.6 Å². The van der Waals surface area contributed by atoms with Crippen LogP contribution in [0.1, 0.15) is 11.3 Å². The minimum Gasteiger partial charge on any atom is -0.387 e. The van der Waals surface area contributed by atoms with E-state index in [1.165, 1.54) is 5.56 Å². The maximum Gasteiger partial charge on any atom is 0.248 e. The lowest BCUT2D eigenvalue weighted by Crippen LogP contribution is -2.35. The van der Waals surface area contributed by atoms with Crippen molar-refractivity contribution < 1.29 is 9.90 Å². The molecule has 1 aromatic heterocycles. The number of benzene rings is 1. The van der Waals surface area contributed by atoms with Gasteiger partial charge in [-0.1, -0.05) is 30.3 Å². The highest BCUT2D eigenvalue weighted by molar-refractivity contribution is 5.77. The van der Waals surface area contributed by atoms with Gasteiger partial charge in [-0.25, -0.2) is 0 Å². The minimum absolute atomic E-state index is 0.204. The average molecular weight is 271 g/mol. The van der Waals surface area contributed by atoms with Gasteiger partial charge in [0.1, 0.15) is 6.61 Å². The Hall–Kier alpha value is -2.14. The van der Waals surface area contributed by atoms with Crippen LogP contribution in [0.3, 0.4) is 0 Å². The zero-order chi connectivity index (χ0) is 13.9. The summed E-state index contributed by atoms with van der Waals surface area (Å²) >= 11 is 0. The molecule has 1 aromatic carbocycles. The van der Waals surface area contributed by atoms with Gasteiger partial charge in [-0.3, -0.25) is 9.89 Å². The fourth-order valence-electron chi connectivity index (χ4n) is 2.67. The summed E-state index contributed by atoms with van der Waals surface area (Å²) in [5.41, 5.74) is 4.34. The summed E-state index contributed by atoms with van der Waals surface area (Å²) in [5.74, 6) is -0.204. The van der Waals surface area contributed by atoms with Crippen molar-refractivity contribution in [2.24, 2.45) is 0 Å². The molecule has 0 atom stereocenters. The lowest BCUT2D eigenvalue weighted by atomic mass is 10.0. The second kappa shape index (κ2) is 5.46. The van der Waals surface area contributed by atoms with Crippen molar-refractivity contribution >= 4 is 5.91 Å². The molecule has 0 fully saturated rings. The van der Waals surface area contributed by atoms with Gasteiger partial charge < -0.3 is 10.0 Å². The highest BCUT2D eigenvalue weighted by atomic mass is 16.3. The third kappa shape index (κ3) is 2.32. The van der Waals surface area contributed by atoms with Gasteiger partial charge in [-0.05, 0) is 6.42 Å². The molecule has 0 aliphatic carbocycles. The number of nitrogens with zero attached hydrogens (tertiary/aromatic N) is 2. The smallest absolute Gasteiger partial charge is 0.248 e. The largest absolute Gasteiger partial charge is 0.387 e. The number of fused-ring (bicyclic) bond motifs is 1. The zero-order valence-corrected chi connectivity index (χ0v) is 11.2. The predicted molar refractivity (Wildman–Crippen MR) is 75.1 cm³/mol. The van der Waals surface area contributed by atoms with Gasteiger partial charge in [0.05, 0.1) is 5.69 Å². The molecular formula is C15H17N3O2. The van der Waals surface area contributed by atoms with Crippen molar-refractivity contribution in [1.29, 1.82) is 0 Å². The molecule has 0 saturated carbocycles. The topological polar surface area (TPSA) is 69.2 Å². The van der Waals surface area contributed by atoms with E-state index in [1.54, 1.807) is 4.90 Å². The van der Waals surface area contributed by atoms with Crippen molar-refractivity contribution in [1.82, 2.24) is 15.1 Å². The molecule has 5 heteroatoms. The highest BCUT2D eigenvalue weighted by Gasteiger charge is 2.22. The Morgan fingerprint density at radius 2 is 2.00 bits per heavy atom. The first kappa shape index (κ1) is 12.9. The van der Waals surface area contributed by atoms with Crippen LogP contribution in [0.25, 0.3) is 11.3 Å². The normalized spacial score (nSPS) is 14.8. The molecule has 1 aliphatic rings. The molecule has 1 amide bonds. The Morgan fingerprint density at radius 1 is 1.25 bits per heavy atom. The molecule has 104 valence electrons. The lowest BCUT2D eigenvalue weighted by molar-refractivity contribution is -0.134. The van der Waals surface area contributed by atoms with Crippen LogP contribution in [-0.4, -0.2) is 45.8 Å². The van der Waals surface area contributed by atoms with Crippen molar-refractivity contribution in [2.45, 2.75) is 12.8 Å². The predicted octanol–water partition coefficient (Wildman–Crippen LogP) is 0.996. The number of nitrogens with one attached hydrogen (secondary N) is 1. The number of aliphatic hydroxyl groups excluding tert-OH is 1. The second-order valence-corrected chi connectivity index (χ2v) is 4.93. The van der Waals surface area contributed by atoms with Crippen LogP contribution < -0.4 is 0 Å². The standard InChI is InChI=1S/C15H17N3O2/c19-10-14(20)18-8-6-12-13(7-9-18)16-17-15(12)11-4-2-1-3-5-11/h1-5,19H,6-10H2,(H,16,17). The molecule has 2 aromatic rings. The monoisotopic (exact) mass is 271 g/mol. The van der Waals surface area contributed by atoms with Crippen LogP contribution >= 0.6 is 0 Å². The molecule has 2 N–H and O–H groups in total. The number of carbonyl (C=O) groups excluding carboxylic acids is 1. The number of hydrogen-bond acceptors (Lipinski definition) is 3. The number of hydrogen-bond donors (Lipinski definition) is 2. The van der Waals surface area contributed by atoms with E-state index in [0.717, 1.165) is 29.8 Å². The van der Waals surface area contributed by atoms with E-state index in [1.807, 2.05) is 30.3 Å². The third-order valence-electron chi connectivity index (χ3n) is 3.75. The molecule has 1 aliphatic heterocycles. The van der Waals surface area contributed by atoms with Gasteiger partial charge in [0.2, 0.25) is 5.91 Å². The number of aromatic nitrogens is 2. The van der Waals surface area contributed by atoms with E-state index >= 15 is 0 Å². The molecule has 0 spiro atoms. The van der Waals surface area contributed by atoms with E-state index in [9.17, 15) is 4.79 Å². The number of aromatic amines is 1. The number of rotatable bonds is 2. The van der Waals surface area contributed by atoms with Crippen LogP contribution in [0, 0.1) is 0 Å². The van der Waals surface area contributed by atoms with Crippen molar-refractivity contribution in [2.75, 3.05) is 19.7 Å². The Morgan fingerprint density at radius 3 is 2.75 bits per heavy atom.